The van der Waals surface area contributed by atoms with Gasteiger partial charge in [-0.15, -0.1) is 0 Å². The molecule has 0 radical (unpaired) electrons. The minimum atomic E-state index is -2.36. The maximum Gasteiger partial charge on any atom is 0.330 e. The summed E-state index contributed by atoms with van der Waals surface area (Å²) in [5.74, 6) is -0.603. The molecule has 25 heavy (non-hydrogen) atoms. The number of aliphatic hydroxyl groups excluding tert-OH is 2. The fourth-order valence-corrected chi connectivity index (χ4v) is 15.3. The van der Waals surface area contributed by atoms with Crippen LogP contribution in [-0.2, 0) is 17.8 Å². The van der Waals surface area contributed by atoms with E-state index in [9.17, 15) is 9.90 Å². The Hall–Kier alpha value is -0.299. The van der Waals surface area contributed by atoms with E-state index in [0.29, 0.717) is 12.8 Å². The van der Waals surface area contributed by atoms with Gasteiger partial charge in [-0.05, 0) is 64.7 Å². The van der Waals surface area contributed by atoms with E-state index in [4.69, 9.17) is 18.1 Å². The molecule has 0 aromatic carbocycles. The number of hydrogen-bond donors (Lipinski definition) is 2. The SMILES string of the molecule is C=CC(=O)OC(CCC[Si](C)(O[Si](C)(C)C)O[Si](C)(C)C)C(O)CO. The Morgan fingerprint density at radius 1 is 1.08 bits per heavy atom. The summed E-state index contributed by atoms with van der Waals surface area (Å²) in [5, 5.41) is 19.0. The van der Waals surface area contributed by atoms with E-state index in [2.05, 4.69) is 52.4 Å². The van der Waals surface area contributed by atoms with E-state index in [1.54, 1.807) is 0 Å². The van der Waals surface area contributed by atoms with Crippen LogP contribution in [0, 0.1) is 0 Å². The standard InChI is InChI=1S/C16H36O6Si3/c1-9-16(19)20-15(14(18)13-17)11-10-12-25(8,21-23(2,3)4)22-24(5,6)7/h9,14-15,17-18H,1,10-13H2,2-8H3. The minimum absolute atomic E-state index is 0.439. The van der Waals surface area contributed by atoms with Gasteiger partial charge in [-0.1, -0.05) is 6.58 Å². The zero-order valence-electron chi connectivity index (χ0n) is 16.8. The van der Waals surface area contributed by atoms with Gasteiger partial charge >= 0.3 is 14.5 Å². The normalized spacial score (nSPS) is 15.6. The van der Waals surface area contributed by atoms with Crippen molar-refractivity contribution >= 4 is 31.2 Å². The third-order valence-electron chi connectivity index (χ3n) is 3.21. The van der Waals surface area contributed by atoms with Crippen LogP contribution in [0.4, 0.5) is 0 Å². The summed E-state index contributed by atoms with van der Waals surface area (Å²) in [6.45, 7) is 17.9. The van der Waals surface area contributed by atoms with E-state index < -0.39 is 50.0 Å². The first kappa shape index (κ1) is 24.7. The molecule has 0 fully saturated rings. The Labute approximate surface area is 155 Å². The van der Waals surface area contributed by atoms with Crippen molar-refractivity contribution in [2.24, 2.45) is 0 Å². The van der Waals surface area contributed by atoms with Crippen LogP contribution in [0.5, 0.6) is 0 Å². The van der Waals surface area contributed by atoms with Gasteiger partial charge in [-0.3, -0.25) is 0 Å². The molecule has 0 aliphatic rings. The van der Waals surface area contributed by atoms with Crippen LogP contribution < -0.4 is 0 Å². The van der Waals surface area contributed by atoms with Crippen molar-refractivity contribution in [1.29, 1.82) is 0 Å². The lowest BCUT2D eigenvalue weighted by Crippen LogP contribution is -2.52. The molecule has 0 amide bonds. The molecule has 0 aromatic heterocycles. The summed E-state index contributed by atoms with van der Waals surface area (Å²) in [4.78, 5) is 11.4. The van der Waals surface area contributed by atoms with Gasteiger partial charge in [0.2, 0.25) is 0 Å². The second kappa shape index (κ2) is 10.1. The highest BCUT2D eigenvalue weighted by molar-refractivity contribution is 6.87. The summed E-state index contributed by atoms with van der Waals surface area (Å²) in [6, 6.07) is 0.752. The largest absolute Gasteiger partial charge is 0.456 e. The van der Waals surface area contributed by atoms with Crippen LogP contribution >= 0.6 is 0 Å². The Bertz CT molecular complexity index is 415. The molecule has 0 spiro atoms. The molecule has 0 aliphatic heterocycles. The highest BCUT2D eigenvalue weighted by Gasteiger charge is 2.40. The van der Waals surface area contributed by atoms with Crippen LogP contribution in [0.2, 0.25) is 51.9 Å². The predicted octanol–water partition coefficient (Wildman–Crippen LogP) is 2.99. The molecular weight excluding hydrogens is 372 g/mol. The molecule has 0 heterocycles. The predicted molar refractivity (Wildman–Crippen MR) is 108 cm³/mol. The van der Waals surface area contributed by atoms with Gasteiger partial charge in [0.25, 0.3) is 0 Å². The van der Waals surface area contributed by atoms with Crippen LogP contribution in [-0.4, -0.2) is 60.2 Å². The van der Waals surface area contributed by atoms with Gasteiger partial charge < -0.3 is 23.2 Å². The molecule has 9 heteroatoms. The molecule has 0 bridgehead atoms. The van der Waals surface area contributed by atoms with Crippen LogP contribution in [0.3, 0.4) is 0 Å². The van der Waals surface area contributed by atoms with Crippen molar-refractivity contribution in [3.8, 4) is 0 Å². The van der Waals surface area contributed by atoms with Crippen molar-refractivity contribution < 1.29 is 28.0 Å². The maximum absolute atomic E-state index is 11.4. The Balaban J connectivity index is 4.94. The number of ether oxygens (including phenoxy) is 1. The van der Waals surface area contributed by atoms with Gasteiger partial charge in [0.1, 0.15) is 12.2 Å². The molecule has 148 valence electrons. The third-order valence-corrected chi connectivity index (χ3v) is 12.8. The Kier molecular flexibility index (Phi) is 10.0. The lowest BCUT2D eigenvalue weighted by molar-refractivity contribution is -0.151. The first-order chi connectivity index (χ1) is 11.2. The zero-order valence-corrected chi connectivity index (χ0v) is 19.8. The second-order valence-electron chi connectivity index (χ2n) is 8.38. The fourth-order valence-electron chi connectivity index (χ4n) is 2.69. The first-order valence-corrected chi connectivity index (χ1v) is 18.1. The van der Waals surface area contributed by atoms with E-state index in [1.165, 1.54) is 0 Å². The Morgan fingerprint density at radius 2 is 1.56 bits per heavy atom. The summed E-state index contributed by atoms with van der Waals surface area (Å²) in [6.07, 6.45) is 0.316. The van der Waals surface area contributed by atoms with E-state index >= 15 is 0 Å². The summed E-state index contributed by atoms with van der Waals surface area (Å²) in [5.41, 5.74) is 0. The number of rotatable bonds is 12. The highest BCUT2D eigenvalue weighted by atomic mass is 28.5. The summed E-state index contributed by atoms with van der Waals surface area (Å²) < 4.78 is 18.0. The van der Waals surface area contributed by atoms with Crippen molar-refractivity contribution in [2.75, 3.05) is 6.61 Å². The zero-order chi connectivity index (χ0) is 19.9. The van der Waals surface area contributed by atoms with Crippen molar-refractivity contribution in [2.45, 2.75) is 76.9 Å². The second-order valence-corrected chi connectivity index (χ2v) is 21.2. The summed E-state index contributed by atoms with van der Waals surface area (Å²) >= 11 is 0. The molecule has 2 atom stereocenters. The molecule has 0 aliphatic carbocycles. The minimum Gasteiger partial charge on any atom is -0.456 e. The van der Waals surface area contributed by atoms with Crippen molar-refractivity contribution in [3.63, 3.8) is 0 Å². The molecule has 0 rings (SSSR count). The van der Waals surface area contributed by atoms with Gasteiger partial charge in [-0.2, -0.15) is 0 Å². The maximum atomic E-state index is 11.4. The van der Waals surface area contributed by atoms with E-state index in [0.717, 1.165) is 12.1 Å². The van der Waals surface area contributed by atoms with Gasteiger partial charge in [0, 0.05) is 6.08 Å². The van der Waals surface area contributed by atoms with Gasteiger partial charge in [-0.25, -0.2) is 4.79 Å². The fraction of sp³-hybridized carbons (Fsp3) is 0.812. The molecule has 0 saturated heterocycles. The molecule has 0 aromatic rings. The number of carbonyl (C=O) groups is 1. The molecule has 2 N–H and O–H groups in total. The van der Waals surface area contributed by atoms with Gasteiger partial charge in [0.15, 0.2) is 16.6 Å². The first-order valence-electron chi connectivity index (χ1n) is 8.74. The molecule has 2 unspecified atom stereocenters. The molecule has 6 nitrogen and oxygen atoms in total. The average Bonchev–Trinajstić information content (AvgIpc) is 2.40. The van der Waals surface area contributed by atoms with Crippen LogP contribution in [0.25, 0.3) is 0 Å². The van der Waals surface area contributed by atoms with Gasteiger partial charge in [0.05, 0.1) is 6.61 Å². The molecule has 0 saturated carbocycles. The van der Waals surface area contributed by atoms with E-state index in [1.807, 2.05) is 0 Å². The van der Waals surface area contributed by atoms with Crippen molar-refractivity contribution in [3.05, 3.63) is 12.7 Å². The highest BCUT2D eigenvalue weighted by Crippen LogP contribution is 2.27. The van der Waals surface area contributed by atoms with Crippen LogP contribution in [0.15, 0.2) is 12.7 Å². The van der Waals surface area contributed by atoms with E-state index in [-0.39, 0.29) is 0 Å². The lowest BCUT2D eigenvalue weighted by atomic mass is 10.1. The Morgan fingerprint density at radius 3 is 1.92 bits per heavy atom. The number of carbonyl (C=O) groups excluding carboxylic acids is 1. The smallest absolute Gasteiger partial charge is 0.330 e. The molecular formula is C16H36O6Si3. The average molecular weight is 409 g/mol. The number of esters is 1. The monoisotopic (exact) mass is 408 g/mol. The van der Waals surface area contributed by atoms with Crippen molar-refractivity contribution in [1.82, 2.24) is 0 Å². The third kappa shape index (κ3) is 11.8. The lowest BCUT2D eigenvalue weighted by Gasteiger charge is -2.38. The van der Waals surface area contributed by atoms with Crippen LogP contribution in [0.1, 0.15) is 12.8 Å². The number of hydrogen-bond acceptors (Lipinski definition) is 6. The quantitative estimate of drug-likeness (QED) is 0.293. The topological polar surface area (TPSA) is 85.2 Å². The summed E-state index contributed by atoms with van der Waals surface area (Å²) in [7, 11) is -5.88. The number of aliphatic hydroxyl groups is 2.